The van der Waals surface area contributed by atoms with Crippen LogP contribution in [-0.2, 0) is 0 Å². The maximum absolute atomic E-state index is 13.7. The van der Waals surface area contributed by atoms with Gasteiger partial charge in [-0.3, -0.25) is 4.79 Å². The summed E-state index contributed by atoms with van der Waals surface area (Å²) < 4.78 is 28.5. The van der Waals surface area contributed by atoms with Crippen LogP contribution in [0.25, 0.3) is 5.82 Å². The fourth-order valence-electron chi connectivity index (χ4n) is 3.48. The number of amides is 1. The van der Waals surface area contributed by atoms with Crippen LogP contribution in [0.5, 0.6) is 0 Å². The Morgan fingerprint density at radius 2 is 1.97 bits per heavy atom. The van der Waals surface area contributed by atoms with Gasteiger partial charge in [-0.1, -0.05) is 12.1 Å². The lowest BCUT2D eigenvalue weighted by atomic mass is 9.86. The van der Waals surface area contributed by atoms with Gasteiger partial charge in [-0.2, -0.15) is 5.10 Å². The minimum atomic E-state index is -0.880. The number of benzene rings is 1. The SMILES string of the molecule is Cl.Cl.O=C(NC1CNCCC1c1ccc(F)c(F)c1)c1cccc(-n2cccn2)n1. The standard InChI is InChI=1S/C20H19F2N5O.2ClH/c21-15-6-5-13(11-16(15)22)14-7-9-23-12-18(14)26-20(28)17-3-1-4-19(25-17)27-10-2-8-24-27;;/h1-6,8,10-11,14,18,23H,7,9,12H2,(H,26,28);2*1H. The van der Waals surface area contributed by atoms with Crippen LogP contribution in [-0.4, -0.2) is 39.8 Å². The molecule has 0 spiro atoms. The van der Waals surface area contributed by atoms with Crippen molar-refractivity contribution in [1.29, 1.82) is 0 Å². The number of halogens is 4. The highest BCUT2D eigenvalue weighted by molar-refractivity contribution is 5.92. The average Bonchev–Trinajstić information content (AvgIpc) is 3.26. The van der Waals surface area contributed by atoms with Crippen LogP contribution in [0, 0.1) is 11.6 Å². The highest BCUT2D eigenvalue weighted by Crippen LogP contribution is 2.27. The van der Waals surface area contributed by atoms with Crippen molar-refractivity contribution >= 4 is 30.7 Å². The van der Waals surface area contributed by atoms with Crippen molar-refractivity contribution in [1.82, 2.24) is 25.4 Å². The van der Waals surface area contributed by atoms with E-state index in [4.69, 9.17) is 0 Å². The smallest absolute Gasteiger partial charge is 0.270 e. The first-order valence-corrected chi connectivity index (χ1v) is 9.05. The minimum Gasteiger partial charge on any atom is -0.346 e. The molecular formula is C20H21Cl2F2N5O. The van der Waals surface area contributed by atoms with Gasteiger partial charge in [-0.05, 0) is 48.9 Å². The summed E-state index contributed by atoms with van der Waals surface area (Å²) in [7, 11) is 0. The Morgan fingerprint density at radius 1 is 1.13 bits per heavy atom. The van der Waals surface area contributed by atoms with E-state index in [1.54, 1.807) is 47.4 Å². The third-order valence-electron chi connectivity index (χ3n) is 4.88. The summed E-state index contributed by atoms with van der Waals surface area (Å²) in [4.78, 5) is 17.1. The third kappa shape index (κ3) is 5.13. The van der Waals surface area contributed by atoms with Crippen LogP contribution in [0.2, 0.25) is 0 Å². The number of carbonyl (C=O) groups is 1. The molecule has 2 N–H and O–H groups in total. The summed E-state index contributed by atoms with van der Waals surface area (Å²) in [6, 6.07) is 10.5. The zero-order chi connectivity index (χ0) is 19.5. The number of carbonyl (C=O) groups excluding carboxylic acids is 1. The second-order valence-electron chi connectivity index (χ2n) is 6.68. The first-order chi connectivity index (χ1) is 13.6. The van der Waals surface area contributed by atoms with Crippen molar-refractivity contribution in [3.8, 4) is 5.82 Å². The Bertz CT molecular complexity index is 987. The van der Waals surface area contributed by atoms with Gasteiger partial charge in [0.05, 0.1) is 0 Å². The van der Waals surface area contributed by atoms with Crippen LogP contribution in [0.3, 0.4) is 0 Å². The van der Waals surface area contributed by atoms with Gasteiger partial charge in [0.2, 0.25) is 0 Å². The Kier molecular flexibility index (Phi) is 8.28. The fourth-order valence-corrected chi connectivity index (χ4v) is 3.48. The second-order valence-corrected chi connectivity index (χ2v) is 6.68. The molecule has 1 saturated heterocycles. The lowest BCUT2D eigenvalue weighted by molar-refractivity contribution is 0.0919. The van der Waals surface area contributed by atoms with Crippen molar-refractivity contribution < 1.29 is 13.6 Å². The number of hydrogen-bond acceptors (Lipinski definition) is 4. The van der Waals surface area contributed by atoms with Gasteiger partial charge in [-0.25, -0.2) is 18.4 Å². The Morgan fingerprint density at radius 3 is 2.70 bits per heavy atom. The minimum absolute atomic E-state index is 0. The highest BCUT2D eigenvalue weighted by Gasteiger charge is 2.29. The number of nitrogens with one attached hydrogen (secondary N) is 2. The molecule has 0 saturated carbocycles. The van der Waals surface area contributed by atoms with Crippen molar-refractivity contribution in [2.45, 2.75) is 18.4 Å². The average molecular weight is 456 g/mol. The number of nitrogens with zero attached hydrogens (tertiary/aromatic N) is 3. The molecule has 1 amide bonds. The summed E-state index contributed by atoms with van der Waals surface area (Å²) in [5.74, 6) is -1.66. The molecule has 2 unspecified atom stereocenters. The van der Waals surface area contributed by atoms with Crippen LogP contribution in [0.4, 0.5) is 8.78 Å². The molecule has 0 bridgehead atoms. The molecule has 1 fully saturated rings. The van der Waals surface area contributed by atoms with E-state index in [1.807, 2.05) is 0 Å². The summed E-state index contributed by atoms with van der Waals surface area (Å²) >= 11 is 0. The van der Waals surface area contributed by atoms with Gasteiger partial charge < -0.3 is 10.6 Å². The van der Waals surface area contributed by atoms with E-state index in [-0.39, 0.29) is 48.4 Å². The number of piperidine rings is 1. The number of hydrogen-bond donors (Lipinski definition) is 2. The molecule has 6 nitrogen and oxygen atoms in total. The lowest BCUT2D eigenvalue weighted by Crippen LogP contribution is -2.50. The maximum atomic E-state index is 13.7. The Labute approximate surface area is 184 Å². The molecular weight excluding hydrogens is 435 g/mol. The second kappa shape index (κ2) is 10.5. The molecule has 2 aromatic heterocycles. The summed E-state index contributed by atoms with van der Waals surface area (Å²) in [6.07, 6.45) is 4.08. The van der Waals surface area contributed by atoms with Crippen LogP contribution in [0.1, 0.15) is 28.4 Å². The monoisotopic (exact) mass is 455 g/mol. The van der Waals surface area contributed by atoms with Gasteiger partial charge >= 0.3 is 0 Å². The molecule has 4 rings (SSSR count). The molecule has 2 atom stereocenters. The largest absolute Gasteiger partial charge is 0.346 e. The normalized spacial score (nSPS) is 18.1. The highest BCUT2D eigenvalue weighted by atomic mass is 35.5. The molecule has 3 aromatic rings. The van der Waals surface area contributed by atoms with Crippen molar-refractivity contribution in [2.75, 3.05) is 13.1 Å². The van der Waals surface area contributed by atoms with Crippen LogP contribution < -0.4 is 10.6 Å². The van der Waals surface area contributed by atoms with Gasteiger partial charge in [0.25, 0.3) is 5.91 Å². The summed E-state index contributed by atoms with van der Waals surface area (Å²) in [5.41, 5.74) is 0.937. The zero-order valence-electron chi connectivity index (χ0n) is 15.8. The van der Waals surface area contributed by atoms with Gasteiger partial charge in [-0.15, -0.1) is 24.8 Å². The summed E-state index contributed by atoms with van der Waals surface area (Å²) in [5, 5.41) is 10.3. The molecule has 30 heavy (non-hydrogen) atoms. The Hall–Kier alpha value is -2.55. The van der Waals surface area contributed by atoms with Crippen molar-refractivity contribution in [3.63, 3.8) is 0 Å². The molecule has 3 heterocycles. The molecule has 160 valence electrons. The van der Waals surface area contributed by atoms with Gasteiger partial charge in [0, 0.05) is 30.9 Å². The first-order valence-electron chi connectivity index (χ1n) is 9.05. The Balaban J connectivity index is 0.00000160. The molecule has 10 heteroatoms. The molecule has 1 aliphatic heterocycles. The van der Waals surface area contributed by atoms with Crippen LogP contribution >= 0.6 is 24.8 Å². The van der Waals surface area contributed by atoms with Crippen molar-refractivity contribution in [2.24, 2.45) is 0 Å². The van der Waals surface area contributed by atoms with E-state index in [2.05, 4.69) is 20.7 Å². The predicted molar refractivity (Wildman–Crippen MR) is 114 cm³/mol. The van der Waals surface area contributed by atoms with Gasteiger partial charge in [0.1, 0.15) is 5.69 Å². The molecule has 0 radical (unpaired) electrons. The number of rotatable bonds is 4. The number of pyridine rings is 1. The quantitative estimate of drug-likeness (QED) is 0.633. The van der Waals surface area contributed by atoms with Crippen molar-refractivity contribution in [3.05, 3.63) is 77.8 Å². The van der Waals surface area contributed by atoms with Crippen LogP contribution in [0.15, 0.2) is 54.9 Å². The van der Waals surface area contributed by atoms with Gasteiger partial charge in [0.15, 0.2) is 17.5 Å². The lowest BCUT2D eigenvalue weighted by Gasteiger charge is -2.33. The maximum Gasteiger partial charge on any atom is 0.270 e. The third-order valence-corrected chi connectivity index (χ3v) is 4.88. The first kappa shape index (κ1) is 23.7. The topological polar surface area (TPSA) is 71.8 Å². The molecule has 0 aliphatic carbocycles. The molecule has 1 aliphatic rings. The predicted octanol–water partition coefficient (Wildman–Crippen LogP) is 3.26. The number of aromatic nitrogens is 3. The van der Waals surface area contributed by atoms with E-state index in [1.165, 1.54) is 6.07 Å². The van der Waals surface area contributed by atoms with E-state index in [0.29, 0.717) is 24.3 Å². The molecule has 1 aromatic carbocycles. The van der Waals surface area contributed by atoms with E-state index < -0.39 is 11.6 Å². The van der Waals surface area contributed by atoms with E-state index in [0.717, 1.165) is 12.6 Å². The summed E-state index contributed by atoms with van der Waals surface area (Å²) in [6.45, 7) is 1.28. The fraction of sp³-hybridized carbons (Fsp3) is 0.250. The zero-order valence-corrected chi connectivity index (χ0v) is 17.4. The van der Waals surface area contributed by atoms with E-state index in [9.17, 15) is 13.6 Å². The van der Waals surface area contributed by atoms with E-state index >= 15 is 0 Å².